The van der Waals surface area contributed by atoms with Crippen LogP contribution in [0.5, 0.6) is 0 Å². The molecule has 0 aliphatic rings. The Morgan fingerprint density at radius 1 is 1.59 bits per heavy atom. The summed E-state index contributed by atoms with van der Waals surface area (Å²) in [5.74, 6) is 0. The Labute approximate surface area is 107 Å². The number of carbonyl (C=O) groups excluding carboxylic acids is 1. The topological polar surface area (TPSA) is 58.1 Å². The van der Waals surface area contributed by atoms with Gasteiger partial charge in [0.05, 0.1) is 12.2 Å². The Morgan fingerprint density at radius 2 is 2.41 bits per heavy atom. The van der Waals surface area contributed by atoms with Crippen molar-refractivity contribution < 1.29 is 4.79 Å². The molecule has 0 saturated carbocycles. The molecule has 0 bridgehead atoms. The number of amides is 2. The zero-order chi connectivity index (χ0) is 12.3. The van der Waals surface area contributed by atoms with E-state index in [9.17, 15) is 4.79 Å². The van der Waals surface area contributed by atoms with E-state index in [0.717, 1.165) is 16.4 Å². The monoisotopic (exact) mass is 268 g/mol. The lowest BCUT2D eigenvalue weighted by Crippen LogP contribution is -2.33. The van der Waals surface area contributed by atoms with Crippen LogP contribution in [0.25, 0.3) is 0 Å². The molecule has 0 aliphatic carbocycles. The van der Waals surface area contributed by atoms with E-state index in [0.29, 0.717) is 5.00 Å². The molecule has 0 fully saturated rings. The molecule has 0 aromatic carbocycles. The van der Waals surface area contributed by atoms with Crippen molar-refractivity contribution >= 4 is 33.9 Å². The summed E-state index contributed by atoms with van der Waals surface area (Å²) in [5.41, 5.74) is 0. The van der Waals surface area contributed by atoms with Gasteiger partial charge in [0.15, 0.2) is 0 Å². The van der Waals surface area contributed by atoms with Crippen LogP contribution in [0.4, 0.5) is 9.80 Å². The van der Waals surface area contributed by atoms with Crippen molar-refractivity contribution in [3.8, 4) is 0 Å². The highest BCUT2D eigenvalue weighted by molar-refractivity contribution is 7.10. The van der Waals surface area contributed by atoms with Crippen molar-refractivity contribution in [2.45, 2.75) is 13.0 Å². The standard InChI is InChI=1S/C10H12N4OS2/c1-7(8-4-3-5-16-8)14(2)10(15)12-9-6-11-13-17-9/h3-7H,1-2H3,(H,12,15)/t7-/m1/s1. The van der Waals surface area contributed by atoms with Gasteiger partial charge in [-0.1, -0.05) is 10.6 Å². The van der Waals surface area contributed by atoms with Crippen LogP contribution >= 0.6 is 22.9 Å². The molecule has 2 aromatic rings. The molecule has 2 amide bonds. The zero-order valence-corrected chi connectivity index (χ0v) is 11.1. The van der Waals surface area contributed by atoms with E-state index in [4.69, 9.17) is 0 Å². The fourth-order valence-corrected chi connectivity index (χ4v) is 2.55. The third kappa shape index (κ3) is 2.80. The average Bonchev–Trinajstić information content (AvgIpc) is 2.99. The van der Waals surface area contributed by atoms with Crippen molar-refractivity contribution in [3.63, 3.8) is 0 Å². The maximum absolute atomic E-state index is 11.9. The summed E-state index contributed by atoms with van der Waals surface area (Å²) in [5, 5.41) is 9.07. The van der Waals surface area contributed by atoms with Gasteiger partial charge in [-0.05, 0) is 18.4 Å². The maximum atomic E-state index is 11.9. The molecular formula is C10H12N4OS2. The van der Waals surface area contributed by atoms with Crippen LogP contribution in [0, 0.1) is 0 Å². The number of carbonyl (C=O) groups is 1. The molecule has 0 spiro atoms. The number of hydrogen-bond donors (Lipinski definition) is 1. The van der Waals surface area contributed by atoms with Crippen LogP contribution < -0.4 is 5.32 Å². The number of nitrogens with one attached hydrogen (secondary N) is 1. The van der Waals surface area contributed by atoms with Crippen molar-refractivity contribution in [2.24, 2.45) is 0 Å². The summed E-state index contributed by atoms with van der Waals surface area (Å²) in [6.07, 6.45) is 1.53. The summed E-state index contributed by atoms with van der Waals surface area (Å²) in [4.78, 5) is 14.7. The van der Waals surface area contributed by atoms with E-state index in [1.54, 1.807) is 23.3 Å². The van der Waals surface area contributed by atoms with Crippen LogP contribution in [-0.2, 0) is 0 Å². The van der Waals surface area contributed by atoms with Crippen molar-refractivity contribution in [2.75, 3.05) is 12.4 Å². The molecule has 90 valence electrons. The number of anilines is 1. The van der Waals surface area contributed by atoms with Crippen molar-refractivity contribution in [3.05, 3.63) is 28.6 Å². The molecule has 17 heavy (non-hydrogen) atoms. The average molecular weight is 268 g/mol. The van der Waals surface area contributed by atoms with Crippen LogP contribution in [0.15, 0.2) is 23.7 Å². The van der Waals surface area contributed by atoms with E-state index < -0.39 is 0 Å². The highest BCUT2D eigenvalue weighted by Crippen LogP contribution is 2.24. The lowest BCUT2D eigenvalue weighted by atomic mass is 10.2. The molecule has 0 unspecified atom stereocenters. The molecule has 1 N–H and O–H groups in total. The third-order valence-electron chi connectivity index (χ3n) is 2.45. The van der Waals surface area contributed by atoms with E-state index in [2.05, 4.69) is 14.9 Å². The van der Waals surface area contributed by atoms with Gasteiger partial charge in [-0.2, -0.15) is 0 Å². The predicted octanol–water partition coefficient (Wildman–Crippen LogP) is 2.82. The quantitative estimate of drug-likeness (QED) is 0.931. The molecule has 1 atom stereocenters. The SMILES string of the molecule is C[C@H](c1cccs1)N(C)C(=O)Nc1cnns1. The first-order valence-corrected chi connectivity index (χ1v) is 6.68. The highest BCUT2D eigenvalue weighted by Gasteiger charge is 2.18. The van der Waals surface area contributed by atoms with Crippen molar-refractivity contribution in [1.29, 1.82) is 0 Å². The van der Waals surface area contributed by atoms with Gasteiger partial charge in [-0.25, -0.2) is 4.79 Å². The molecule has 2 rings (SSSR count). The Hall–Kier alpha value is -1.47. The van der Waals surface area contributed by atoms with E-state index >= 15 is 0 Å². The molecular weight excluding hydrogens is 256 g/mol. The number of nitrogens with zero attached hydrogens (tertiary/aromatic N) is 3. The number of thiophene rings is 1. The maximum Gasteiger partial charge on any atom is 0.322 e. The lowest BCUT2D eigenvalue weighted by molar-refractivity contribution is 0.209. The van der Waals surface area contributed by atoms with Gasteiger partial charge in [0, 0.05) is 23.5 Å². The van der Waals surface area contributed by atoms with Crippen LogP contribution in [0.1, 0.15) is 17.8 Å². The fourth-order valence-electron chi connectivity index (χ4n) is 1.31. The van der Waals surface area contributed by atoms with Crippen molar-refractivity contribution in [1.82, 2.24) is 14.5 Å². The third-order valence-corrected chi connectivity index (χ3v) is 4.07. The summed E-state index contributed by atoms with van der Waals surface area (Å²) < 4.78 is 3.69. The van der Waals surface area contributed by atoms with Gasteiger partial charge < -0.3 is 4.90 Å². The number of rotatable bonds is 3. The first-order chi connectivity index (χ1) is 8.18. The Balaban J connectivity index is 2.00. The second-order valence-electron chi connectivity index (χ2n) is 3.51. The summed E-state index contributed by atoms with van der Waals surface area (Å²) in [7, 11) is 1.77. The molecule has 7 heteroatoms. The zero-order valence-electron chi connectivity index (χ0n) is 9.45. The van der Waals surface area contributed by atoms with Crippen LogP contribution in [-0.4, -0.2) is 27.6 Å². The van der Waals surface area contributed by atoms with E-state index in [1.165, 1.54) is 6.20 Å². The minimum Gasteiger partial charge on any atom is -0.320 e. The number of hydrogen-bond acceptors (Lipinski definition) is 5. The fraction of sp³-hybridized carbons (Fsp3) is 0.300. The van der Waals surface area contributed by atoms with E-state index in [1.807, 2.05) is 24.4 Å². The van der Waals surface area contributed by atoms with Gasteiger partial charge in [-0.15, -0.1) is 16.4 Å². The van der Waals surface area contributed by atoms with Gasteiger partial charge in [0.25, 0.3) is 0 Å². The van der Waals surface area contributed by atoms with Gasteiger partial charge in [-0.3, -0.25) is 5.32 Å². The normalized spacial score (nSPS) is 12.1. The van der Waals surface area contributed by atoms with Gasteiger partial charge in [0.1, 0.15) is 5.00 Å². The minimum atomic E-state index is -0.156. The molecule has 2 heterocycles. The molecule has 5 nitrogen and oxygen atoms in total. The Morgan fingerprint density at radius 3 is 3.00 bits per heavy atom. The predicted molar refractivity (Wildman–Crippen MR) is 69.4 cm³/mol. The summed E-state index contributed by atoms with van der Waals surface area (Å²) in [6.45, 7) is 2.00. The lowest BCUT2D eigenvalue weighted by Gasteiger charge is -2.23. The first-order valence-electron chi connectivity index (χ1n) is 5.03. The molecule has 0 aliphatic heterocycles. The minimum absolute atomic E-state index is 0.0517. The largest absolute Gasteiger partial charge is 0.322 e. The number of urea groups is 1. The van der Waals surface area contributed by atoms with E-state index in [-0.39, 0.29) is 12.1 Å². The smallest absolute Gasteiger partial charge is 0.320 e. The summed E-state index contributed by atoms with van der Waals surface area (Å²) in [6, 6.07) is 3.90. The van der Waals surface area contributed by atoms with Crippen LogP contribution in [0.3, 0.4) is 0 Å². The molecule has 0 radical (unpaired) electrons. The van der Waals surface area contributed by atoms with Gasteiger partial charge in [0.2, 0.25) is 0 Å². The molecule has 0 saturated heterocycles. The van der Waals surface area contributed by atoms with Crippen LogP contribution in [0.2, 0.25) is 0 Å². The second kappa shape index (κ2) is 5.24. The number of aromatic nitrogens is 2. The summed E-state index contributed by atoms with van der Waals surface area (Å²) >= 11 is 2.80. The Bertz CT molecular complexity index is 468. The Kier molecular flexibility index (Phi) is 3.70. The van der Waals surface area contributed by atoms with Gasteiger partial charge >= 0.3 is 6.03 Å². The first kappa shape index (κ1) is 12.0. The highest BCUT2D eigenvalue weighted by atomic mass is 32.1. The second-order valence-corrected chi connectivity index (χ2v) is 5.28. The molecule has 2 aromatic heterocycles.